The van der Waals surface area contributed by atoms with Gasteiger partial charge in [0.2, 0.25) is 0 Å². The molecule has 60 valence electrons. The molecule has 0 spiro atoms. The van der Waals surface area contributed by atoms with Crippen LogP contribution in [-0.2, 0) is 0 Å². The first-order chi connectivity index (χ1) is 5.86. The Morgan fingerprint density at radius 2 is 1.92 bits per heavy atom. The fourth-order valence-corrected chi connectivity index (χ4v) is 0.920. The monoisotopic (exact) mass is 164 g/mol. The number of aromatic nitrogens is 1. The van der Waals surface area contributed by atoms with Crippen molar-refractivity contribution < 1.29 is 14.1 Å². The molecular formula is C8H6NO3+. The summed E-state index contributed by atoms with van der Waals surface area (Å²) in [6, 6.07) is 9.18. The molecule has 0 fully saturated rings. The van der Waals surface area contributed by atoms with Crippen LogP contribution in [-0.4, -0.2) is 0 Å². The van der Waals surface area contributed by atoms with Gasteiger partial charge in [-0.2, -0.15) is 4.79 Å². The molecule has 0 amide bonds. The molecule has 0 saturated carbocycles. The Morgan fingerprint density at radius 1 is 1.17 bits per heavy atom. The number of aromatic amines is 1. The van der Waals surface area contributed by atoms with Crippen LogP contribution in [0.15, 0.2) is 44.1 Å². The summed E-state index contributed by atoms with van der Waals surface area (Å²) in [5.74, 6) is -0.394. The van der Waals surface area contributed by atoms with Crippen LogP contribution in [0.4, 0.5) is 0 Å². The van der Waals surface area contributed by atoms with E-state index >= 15 is 0 Å². The van der Waals surface area contributed by atoms with Crippen LogP contribution < -0.4 is 11.0 Å². The number of hydrogen-bond acceptors (Lipinski definition) is 3. The SMILES string of the molecule is O=c1o[nH+]c(-c2ccccc2)o1. The van der Waals surface area contributed by atoms with Crippen LogP contribution in [0.1, 0.15) is 0 Å². The van der Waals surface area contributed by atoms with E-state index in [0.29, 0.717) is 5.89 Å². The molecule has 4 nitrogen and oxygen atoms in total. The predicted molar refractivity (Wildman–Crippen MR) is 39.2 cm³/mol. The minimum Gasteiger partial charge on any atom is -0.330 e. The van der Waals surface area contributed by atoms with Crippen LogP contribution in [0.2, 0.25) is 0 Å². The van der Waals surface area contributed by atoms with Crippen molar-refractivity contribution in [1.29, 1.82) is 0 Å². The molecule has 1 N–H and O–H groups in total. The normalized spacial score (nSPS) is 10.0. The van der Waals surface area contributed by atoms with E-state index in [9.17, 15) is 4.79 Å². The van der Waals surface area contributed by atoms with Crippen LogP contribution in [0.5, 0.6) is 0 Å². The summed E-state index contributed by atoms with van der Waals surface area (Å²) in [4.78, 5) is 10.5. The Balaban J connectivity index is 2.51. The molecule has 1 heterocycles. The van der Waals surface area contributed by atoms with E-state index in [1.807, 2.05) is 30.3 Å². The summed E-state index contributed by atoms with van der Waals surface area (Å²) in [5, 5.41) is 2.37. The Bertz CT molecular complexity index is 415. The van der Waals surface area contributed by atoms with Crippen LogP contribution in [0.3, 0.4) is 0 Å². The fraction of sp³-hybridized carbons (Fsp3) is 0. The number of H-pyrrole nitrogens is 1. The molecule has 1 aromatic carbocycles. The van der Waals surface area contributed by atoms with Crippen molar-refractivity contribution >= 4 is 0 Å². The Morgan fingerprint density at radius 3 is 2.50 bits per heavy atom. The standard InChI is InChI=1S/C8H5NO3/c10-8-11-7(9-12-8)6-4-2-1-3-5-6/h1-5H/p+1. The van der Waals surface area contributed by atoms with Gasteiger partial charge in [0, 0.05) is 5.16 Å². The quantitative estimate of drug-likeness (QED) is 0.623. The van der Waals surface area contributed by atoms with Crippen molar-refractivity contribution in [2.24, 2.45) is 0 Å². The van der Waals surface area contributed by atoms with E-state index < -0.39 is 5.82 Å². The molecule has 12 heavy (non-hydrogen) atoms. The number of hydrogen-bond donors (Lipinski definition) is 0. The highest BCUT2D eigenvalue weighted by molar-refractivity contribution is 5.48. The Labute approximate surface area is 67.4 Å². The molecule has 0 radical (unpaired) electrons. The van der Waals surface area contributed by atoms with Crippen LogP contribution >= 0.6 is 0 Å². The first-order valence-corrected chi connectivity index (χ1v) is 3.43. The summed E-state index contributed by atoms with van der Waals surface area (Å²) < 4.78 is 9.06. The second kappa shape index (κ2) is 2.65. The highest BCUT2D eigenvalue weighted by atomic mass is 16.6. The van der Waals surface area contributed by atoms with E-state index in [1.54, 1.807) is 0 Å². The lowest BCUT2D eigenvalue weighted by molar-refractivity contribution is -0.603. The molecule has 0 atom stereocenters. The van der Waals surface area contributed by atoms with Gasteiger partial charge >= 0.3 is 11.7 Å². The van der Waals surface area contributed by atoms with Gasteiger partial charge in [0.05, 0.1) is 5.56 Å². The first-order valence-electron chi connectivity index (χ1n) is 3.43. The van der Waals surface area contributed by atoms with Gasteiger partial charge in [-0.15, -0.1) is 4.52 Å². The zero-order valence-corrected chi connectivity index (χ0v) is 6.11. The molecule has 4 heteroatoms. The predicted octanol–water partition coefficient (Wildman–Crippen LogP) is 0.714. The van der Waals surface area contributed by atoms with Crippen molar-refractivity contribution in [3.05, 3.63) is 40.9 Å². The first kappa shape index (κ1) is 6.84. The molecular weight excluding hydrogens is 158 g/mol. The lowest BCUT2D eigenvalue weighted by Gasteiger charge is -1.83. The van der Waals surface area contributed by atoms with E-state index in [0.717, 1.165) is 5.56 Å². The summed E-state index contributed by atoms with van der Waals surface area (Å²) in [5.41, 5.74) is 0.781. The Kier molecular flexibility index (Phi) is 1.51. The minimum atomic E-state index is -0.728. The minimum absolute atomic E-state index is 0.334. The summed E-state index contributed by atoms with van der Waals surface area (Å²) in [6.45, 7) is 0. The van der Waals surface area contributed by atoms with Crippen molar-refractivity contribution in [3.8, 4) is 11.5 Å². The van der Waals surface area contributed by atoms with Gasteiger partial charge in [0.1, 0.15) is 0 Å². The molecule has 0 aliphatic carbocycles. The van der Waals surface area contributed by atoms with E-state index in [2.05, 4.69) is 9.68 Å². The molecule has 1 aromatic heterocycles. The van der Waals surface area contributed by atoms with Gasteiger partial charge in [-0.25, -0.2) is 0 Å². The summed E-state index contributed by atoms with van der Waals surface area (Å²) in [6.07, 6.45) is 0. The van der Waals surface area contributed by atoms with Crippen molar-refractivity contribution in [2.45, 2.75) is 0 Å². The third kappa shape index (κ3) is 1.14. The summed E-state index contributed by atoms with van der Waals surface area (Å²) in [7, 11) is 0. The smallest absolute Gasteiger partial charge is 0.330 e. The molecule has 0 saturated heterocycles. The average Bonchev–Trinajstić information content (AvgIpc) is 2.54. The Hall–Kier alpha value is -1.84. The molecule has 0 aliphatic heterocycles. The van der Waals surface area contributed by atoms with Crippen LogP contribution in [0, 0.1) is 0 Å². The summed E-state index contributed by atoms with van der Waals surface area (Å²) >= 11 is 0. The van der Waals surface area contributed by atoms with Crippen molar-refractivity contribution in [3.63, 3.8) is 0 Å². The zero-order valence-electron chi connectivity index (χ0n) is 6.11. The highest BCUT2D eigenvalue weighted by Crippen LogP contribution is 2.10. The lowest BCUT2D eigenvalue weighted by Crippen LogP contribution is -2.00. The number of nitrogens with one attached hydrogen (secondary N) is 1. The molecule has 2 rings (SSSR count). The maximum absolute atomic E-state index is 10.5. The van der Waals surface area contributed by atoms with E-state index in [-0.39, 0.29) is 0 Å². The second-order valence-corrected chi connectivity index (χ2v) is 2.25. The third-order valence-electron chi connectivity index (χ3n) is 1.45. The van der Waals surface area contributed by atoms with E-state index in [4.69, 9.17) is 4.42 Å². The largest absolute Gasteiger partial charge is 0.581 e. The highest BCUT2D eigenvalue weighted by Gasteiger charge is 2.12. The second-order valence-electron chi connectivity index (χ2n) is 2.25. The average molecular weight is 164 g/mol. The number of benzene rings is 1. The van der Waals surface area contributed by atoms with Gasteiger partial charge in [0.25, 0.3) is 0 Å². The lowest BCUT2D eigenvalue weighted by atomic mass is 10.2. The van der Waals surface area contributed by atoms with Crippen molar-refractivity contribution in [2.75, 3.05) is 0 Å². The van der Waals surface area contributed by atoms with Gasteiger partial charge < -0.3 is 4.42 Å². The zero-order chi connectivity index (χ0) is 8.39. The van der Waals surface area contributed by atoms with Gasteiger partial charge in [0.15, 0.2) is 0 Å². The molecule has 0 aliphatic rings. The van der Waals surface area contributed by atoms with Gasteiger partial charge in [-0.05, 0) is 12.1 Å². The molecule has 2 aromatic rings. The topological polar surface area (TPSA) is 57.5 Å². The third-order valence-corrected chi connectivity index (χ3v) is 1.45. The van der Waals surface area contributed by atoms with Crippen LogP contribution in [0.25, 0.3) is 11.5 Å². The fourth-order valence-electron chi connectivity index (χ4n) is 0.920. The molecule has 0 unspecified atom stereocenters. The maximum atomic E-state index is 10.5. The van der Waals surface area contributed by atoms with Crippen molar-refractivity contribution in [1.82, 2.24) is 0 Å². The number of rotatable bonds is 1. The molecule has 0 bridgehead atoms. The van der Waals surface area contributed by atoms with E-state index in [1.165, 1.54) is 0 Å². The maximum Gasteiger partial charge on any atom is 0.581 e. The van der Waals surface area contributed by atoms with Gasteiger partial charge in [-0.3, -0.25) is 0 Å². The van der Waals surface area contributed by atoms with Gasteiger partial charge in [-0.1, -0.05) is 18.2 Å².